The molecule has 0 unspecified atom stereocenters. The van der Waals surface area contributed by atoms with Crippen LogP contribution in [0.25, 0.3) is 0 Å². The zero-order valence-corrected chi connectivity index (χ0v) is 15.4. The van der Waals surface area contributed by atoms with Gasteiger partial charge in [-0.15, -0.1) is 0 Å². The summed E-state index contributed by atoms with van der Waals surface area (Å²) in [5.74, 6) is -0.498. The molecule has 0 aliphatic carbocycles. The van der Waals surface area contributed by atoms with E-state index in [-0.39, 0.29) is 11.9 Å². The fraction of sp³-hybridized carbons (Fsp3) is 0.895. The second kappa shape index (κ2) is 15.8. The number of carbonyl (C=O) groups excluding carboxylic acids is 2. The van der Waals surface area contributed by atoms with Crippen molar-refractivity contribution in [2.45, 2.75) is 111 Å². The maximum Gasteiger partial charge on any atom is 0.308 e. The number of ether oxygens (including phenoxy) is 2. The first-order valence-corrected chi connectivity index (χ1v) is 9.52. The van der Waals surface area contributed by atoms with Gasteiger partial charge in [-0.05, 0) is 19.3 Å². The lowest BCUT2D eigenvalue weighted by atomic mass is 10.1. The van der Waals surface area contributed by atoms with Gasteiger partial charge in [-0.2, -0.15) is 0 Å². The van der Waals surface area contributed by atoms with Crippen LogP contribution >= 0.6 is 0 Å². The first kappa shape index (κ1) is 21.9. The highest BCUT2D eigenvalue weighted by Crippen LogP contribution is 2.12. The quantitative estimate of drug-likeness (QED) is 0.225. The van der Waals surface area contributed by atoms with Crippen LogP contribution < -0.4 is 0 Å². The molecule has 136 valence electrons. The summed E-state index contributed by atoms with van der Waals surface area (Å²) in [5, 5.41) is 0. The molecule has 0 bridgehead atoms. The molecular formula is C19H36O4. The Hall–Kier alpha value is -1.06. The van der Waals surface area contributed by atoms with Crippen LogP contribution in [0.4, 0.5) is 0 Å². The van der Waals surface area contributed by atoms with Crippen molar-refractivity contribution in [1.82, 2.24) is 0 Å². The molecule has 0 rings (SSSR count). The summed E-state index contributed by atoms with van der Waals surface area (Å²) >= 11 is 0. The summed E-state index contributed by atoms with van der Waals surface area (Å²) in [6, 6.07) is 0. The Labute approximate surface area is 142 Å². The molecule has 0 aromatic carbocycles. The molecule has 0 atom stereocenters. The van der Waals surface area contributed by atoms with Crippen molar-refractivity contribution in [2.75, 3.05) is 0 Å². The van der Waals surface area contributed by atoms with Crippen molar-refractivity contribution in [2.24, 2.45) is 0 Å². The van der Waals surface area contributed by atoms with Crippen LogP contribution in [0.15, 0.2) is 0 Å². The van der Waals surface area contributed by atoms with Crippen molar-refractivity contribution in [3.05, 3.63) is 0 Å². The van der Waals surface area contributed by atoms with E-state index in [1.807, 2.05) is 0 Å². The van der Waals surface area contributed by atoms with Gasteiger partial charge in [-0.3, -0.25) is 9.59 Å². The predicted octanol–water partition coefficient (Wildman–Crippen LogP) is 5.53. The number of hydrogen-bond acceptors (Lipinski definition) is 4. The molecule has 4 heteroatoms. The van der Waals surface area contributed by atoms with E-state index in [4.69, 9.17) is 9.47 Å². The van der Waals surface area contributed by atoms with Gasteiger partial charge in [0.25, 0.3) is 0 Å². The summed E-state index contributed by atoms with van der Waals surface area (Å²) in [6.07, 6.45) is 10.9. The highest BCUT2D eigenvalue weighted by Gasteiger charge is 2.18. The van der Waals surface area contributed by atoms with Gasteiger partial charge in [-0.25, -0.2) is 0 Å². The average molecular weight is 328 g/mol. The number of carbonyl (C=O) groups is 2. The Bertz CT molecular complexity index is 276. The summed E-state index contributed by atoms with van der Waals surface area (Å²) in [4.78, 5) is 23.7. The fourth-order valence-electron chi connectivity index (χ4n) is 2.32. The average Bonchev–Trinajstić information content (AvgIpc) is 2.53. The first-order chi connectivity index (χ1) is 11.1. The van der Waals surface area contributed by atoms with Crippen LogP contribution in [0.1, 0.15) is 104 Å². The monoisotopic (exact) mass is 328 g/mol. The minimum Gasteiger partial charge on any atom is -0.425 e. The zero-order valence-electron chi connectivity index (χ0n) is 15.4. The van der Waals surface area contributed by atoms with E-state index >= 15 is 0 Å². The van der Waals surface area contributed by atoms with Gasteiger partial charge < -0.3 is 9.47 Å². The largest absolute Gasteiger partial charge is 0.425 e. The molecule has 0 saturated carbocycles. The summed E-state index contributed by atoms with van der Waals surface area (Å²) in [5.41, 5.74) is 0. The summed E-state index contributed by atoms with van der Waals surface area (Å²) < 4.78 is 10.7. The molecule has 0 aromatic heterocycles. The zero-order chi connectivity index (χ0) is 17.3. The third-order valence-corrected chi connectivity index (χ3v) is 3.79. The van der Waals surface area contributed by atoms with E-state index in [1.165, 1.54) is 0 Å². The van der Waals surface area contributed by atoms with Crippen LogP contribution in [0, 0.1) is 0 Å². The van der Waals surface area contributed by atoms with Crippen LogP contribution in [0.3, 0.4) is 0 Å². The van der Waals surface area contributed by atoms with E-state index in [0.29, 0.717) is 19.3 Å². The van der Waals surface area contributed by atoms with Gasteiger partial charge in [0, 0.05) is 19.3 Å². The molecule has 0 aliphatic rings. The van der Waals surface area contributed by atoms with Gasteiger partial charge >= 0.3 is 11.9 Å². The van der Waals surface area contributed by atoms with Gasteiger partial charge in [0.05, 0.1) is 0 Å². The van der Waals surface area contributed by atoms with Crippen molar-refractivity contribution in [1.29, 1.82) is 0 Å². The van der Waals surface area contributed by atoms with Gasteiger partial charge in [0.1, 0.15) is 0 Å². The standard InChI is InChI=1S/C19H36O4/c1-4-7-10-12-14-17(20)22-19(16-9-6-3)23-18(21)15-13-11-8-5-2/h19H,4-16H2,1-3H3. The van der Waals surface area contributed by atoms with Gasteiger partial charge in [0.2, 0.25) is 6.29 Å². The first-order valence-electron chi connectivity index (χ1n) is 9.52. The number of rotatable bonds is 15. The number of hydrogen-bond donors (Lipinski definition) is 0. The predicted molar refractivity (Wildman–Crippen MR) is 93.0 cm³/mol. The van der Waals surface area contributed by atoms with E-state index in [1.54, 1.807) is 0 Å². The molecule has 0 spiro atoms. The Balaban J connectivity index is 4.07. The highest BCUT2D eigenvalue weighted by atomic mass is 16.7. The lowest BCUT2D eigenvalue weighted by Gasteiger charge is -2.18. The van der Waals surface area contributed by atoms with E-state index in [9.17, 15) is 9.59 Å². The van der Waals surface area contributed by atoms with Crippen molar-refractivity contribution < 1.29 is 19.1 Å². The molecule has 0 radical (unpaired) electrons. The molecule has 0 heterocycles. The summed E-state index contributed by atoms with van der Waals surface area (Å²) in [7, 11) is 0. The van der Waals surface area contributed by atoms with E-state index < -0.39 is 6.29 Å². The van der Waals surface area contributed by atoms with Crippen molar-refractivity contribution >= 4 is 11.9 Å². The molecule has 0 saturated heterocycles. The van der Waals surface area contributed by atoms with Crippen LogP contribution in [0.2, 0.25) is 0 Å². The van der Waals surface area contributed by atoms with Gasteiger partial charge in [0.15, 0.2) is 0 Å². The smallest absolute Gasteiger partial charge is 0.308 e. The van der Waals surface area contributed by atoms with E-state index in [0.717, 1.165) is 64.2 Å². The number of unbranched alkanes of at least 4 members (excludes halogenated alkanes) is 7. The third kappa shape index (κ3) is 14.3. The fourth-order valence-corrected chi connectivity index (χ4v) is 2.32. The van der Waals surface area contributed by atoms with Crippen LogP contribution in [0.5, 0.6) is 0 Å². The van der Waals surface area contributed by atoms with Crippen molar-refractivity contribution in [3.63, 3.8) is 0 Å². The van der Waals surface area contributed by atoms with Crippen LogP contribution in [-0.4, -0.2) is 18.2 Å². The Kier molecular flexibility index (Phi) is 15.1. The summed E-state index contributed by atoms with van der Waals surface area (Å²) in [6.45, 7) is 6.34. The van der Waals surface area contributed by atoms with Crippen LogP contribution in [-0.2, 0) is 19.1 Å². The number of esters is 2. The maximum atomic E-state index is 11.8. The Morgan fingerprint density at radius 2 is 1.09 bits per heavy atom. The Morgan fingerprint density at radius 3 is 1.48 bits per heavy atom. The molecule has 0 aromatic rings. The molecule has 0 aliphatic heterocycles. The Morgan fingerprint density at radius 1 is 0.652 bits per heavy atom. The second-order valence-electron chi connectivity index (χ2n) is 6.17. The highest BCUT2D eigenvalue weighted by molar-refractivity contribution is 5.71. The molecule has 0 amide bonds. The molecular weight excluding hydrogens is 292 g/mol. The maximum absolute atomic E-state index is 11.8. The minimum absolute atomic E-state index is 0.249. The minimum atomic E-state index is -0.702. The van der Waals surface area contributed by atoms with E-state index in [2.05, 4.69) is 20.8 Å². The molecule has 0 N–H and O–H groups in total. The molecule has 0 fully saturated rings. The van der Waals surface area contributed by atoms with Crippen molar-refractivity contribution in [3.8, 4) is 0 Å². The third-order valence-electron chi connectivity index (χ3n) is 3.79. The lowest BCUT2D eigenvalue weighted by molar-refractivity contribution is -0.189. The second-order valence-corrected chi connectivity index (χ2v) is 6.17. The lowest BCUT2D eigenvalue weighted by Crippen LogP contribution is -2.24. The van der Waals surface area contributed by atoms with Gasteiger partial charge in [-0.1, -0.05) is 65.7 Å². The molecule has 23 heavy (non-hydrogen) atoms. The topological polar surface area (TPSA) is 52.6 Å². The SMILES string of the molecule is CCCCCCC(=O)OC(CCCC)OC(=O)CCCCCC. The normalized spacial score (nSPS) is 10.8. The molecule has 4 nitrogen and oxygen atoms in total.